The lowest BCUT2D eigenvalue weighted by atomic mass is 10.1. The van der Waals surface area contributed by atoms with Crippen LogP contribution in [-0.2, 0) is 5.60 Å². The molecule has 2 heterocycles. The van der Waals surface area contributed by atoms with E-state index in [-0.39, 0.29) is 6.79 Å². The molecule has 0 amide bonds. The molecule has 0 radical (unpaired) electrons. The third kappa shape index (κ3) is 1.82. The summed E-state index contributed by atoms with van der Waals surface area (Å²) in [5.41, 5.74) is 0.267. The van der Waals surface area contributed by atoms with Crippen molar-refractivity contribution in [3.05, 3.63) is 30.2 Å². The molecule has 0 bridgehead atoms. The number of ether oxygens (including phenoxy) is 2. The molecule has 0 aliphatic carbocycles. The average Bonchev–Trinajstić information content (AvgIpc) is 2.96. The molecule has 0 saturated heterocycles. The Morgan fingerprint density at radius 1 is 1.22 bits per heavy atom. The molecular formula is C13H13NO4. The topological polar surface area (TPSA) is 64.7 Å². The number of aromatic nitrogens is 1. The van der Waals surface area contributed by atoms with Crippen LogP contribution in [0.2, 0.25) is 0 Å². The Kier molecular flexibility index (Phi) is 2.31. The highest BCUT2D eigenvalue weighted by atomic mass is 16.7. The molecule has 0 saturated carbocycles. The molecule has 1 aliphatic rings. The summed E-state index contributed by atoms with van der Waals surface area (Å²) in [7, 11) is 0. The van der Waals surface area contributed by atoms with Crippen molar-refractivity contribution in [1.82, 2.24) is 4.98 Å². The minimum Gasteiger partial charge on any atom is -0.454 e. The lowest BCUT2D eigenvalue weighted by Gasteiger charge is -2.11. The van der Waals surface area contributed by atoms with Crippen LogP contribution in [0.4, 0.5) is 0 Å². The zero-order valence-electron chi connectivity index (χ0n) is 10.1. The van der Waals surface area contributed by atoms with Gasteiger partial charge in [0.05, 0.1) is 0 Å². The van der Waals surface area contributed by atoms with Crippen molar-refractivity contribution in [3.8, 4) is 23.0 Å². The first-order chi connectivity index (χ1) is 8.54. The number of rotatable bonds is 2. The smallest absolute Gasteiger partial charge is 0.231 e. The van der Waals surface area contributed by atoms with E-state index in [1.807, 2.05) is 18.2 Å². The van der Waals surface area contributed by atoms with Crippen LogP contribution in [-0.4, -0.2) is 16.9 Å². The second-order valence-electron chi connectivity index (χ2n) is 4.66. The van der Waals surface area contributed by atoms with Gasteiger partial charge in [-0.05, 0) is 32.0 Å². The summed E-state index contributed by atoms with van der Waals surface area (Å²) in [6, 6.07) is 5.46. The minimum absolute atomic E-state index is 0.235. The normalized spacial score (nSPS) is 13.9. The Hall–Kier alpha value is -2.01. The number of nitrogens with zero attached hydrogens (tertiary/aromatic N) is 1. The predicted octanol–water partition coefficient (Wildman–Crippen LogP) is 2.30. The lowest BCUT2D eigenvalue weighted by Crippen LogP contribution is -2.15. The molecule has 1 N–H and O–H groups in total. The largest absolute Gasteiger partial charge is 0.454 e. The van der Waals surface area contributed by atoms with E-state index in [0.717, 1.165) is 5.56 Å². The van der Waals surface area contributed by atoms with E-state index in [4.69, 9.17) is 13.9 Å². The van der Waals surface area contributed by atoms with Crippen LogP contribution in [0.5, 0.6) is 11.5 Å². The van der Waals surface area contributed by atoms with Crippen LogP contribution in [0.25, 0.3) is 11.5 Å². The molecule has 18 heavy (non-hydrogen) atoms. The first kappa shape index (κ1) is 11.1. The van der Waals surface area contributed by atoms with Gasteiger partial charge in [0.25, 0.3) is 0 Å². The number of fused-ring (bicyclic) bond motifs is 1. The van der Waals surface area contributed by atoms with Crippen molar-refractivity contribution in [2.45, 2.75) is 19.4 Å². The molecule has 5 heteroatoms. The molecule has 2 aromatic rings. The van der Waals surface area contributed by atoms with Gasteiger partial charge < -0.3 is 19.0 Å². The summed E-state index contributed by atoms with van der Waals surface area (Å²) in [5, 5.41) is 9.84. The number of aliphatic hydroxyl groups is 1. The minimum atomic E-state index is -1.02. The molecule has 0 unspecified atom stereocenters. The Balaban J connectivity index is 1.98. The van der Waals surface area contributed by atoms with Crippen LogP contribution in [0, 0.1) is 0 Å². The van der Waals surface area contributed by atoms with Gasteiger partial charge >= 0.3 is 0 Å². The van der Waals surface area contributed by atoms with E-state index < -0.39 is 5.60 Å². The first-order valence-electron chi connectivity index (χ1n) is 5.62. The monoisotopic (exact) mass is 247 g/mol. The van der Waals surface area contributed by atoms with Gasteiger partial charge in [0, 0.05) is 5.56 Å². The summed E-state index contributed by atoms with van der Waals surface area (Å²) in [6.07, 6.45) is 1.46. The fraction of sp³-hybridized carbons (Fsp3) is 0.308. The van der Waals surface area contributed by atoms with Crippen LogP contribution >= 0.6 is 0 Å². The van der Waals surface area contributed by atoms with Gasteiger partial charge in [0.1, 0.15) is 17.6 Å². The van der Waals surface area contributed by atoms with Crippen molar-refractivity contribution in [2.24, 2.45) is 0 Å². The molecule has 1 aromatic heterocycles. The molecular weight excluding hydrogens is 234 g/mol. The van der Waals surface area contributed by atoms with Crippen molar-refractivity contribution in [1.29, 1.82) is 0 Å². The van der Waals surface area contributed by atoms with E-state index >= 15 is 0 Å². The molecule has 3 rings (SSSR count). The molecule has 1 aromatic carbocycles. The van der Waals surface area contributed by atoms with Gasteiger partial charge in [0.15, 0.2) is 11.5 Å². The van der Waals surface area contributed by atoms with Crippen molar-refractivity contribution in [3.63, 3.8) is 0 Å². The summed E-state index contributed by atoms with van der Waals surface area (Å²) in [5.74, 6) is 1.84. The van der Waals surface area contributed by atoms with E-state index in [1.165, 1.54) is 6.26 Å². The molecule has 5 nitrogen and oxygen atoms in total. The van der Waals surface area contributed by atoms with E-state index in [0.29, 0.717) is 23.1 Å². The van der Waals surface area contributed by atoms with E-state index in [1.54, 1.807) is 13.8 Å². The fourth-order valence-corrected chi connectivity index (χ4v) is 1.72. The van der Waals surface area contributed by atoms with Gasteiger partial charge in [-0.1, -0.05) is 0 Å². The van der Waals surface area contributed by atoms with Gasteiger partial charge in [-0.25, -0.2) is 4.98 Å². The second-order valence-corrected chi connectivity index (χ2v) is 4.66. The van der Waals surface area contributed by atoms with E-state index in [9.17, 15) is 5.11 Å². The zero-order chi connectivity index (χ0) is 12.8. The van der Waals surface area contributed by atoms with E-state index in [2.05, 4.69) is 4.98 Å². The SMILES string of the molecule is CC(C)(O)c1coc(-c2ccc3c(c2)OCO3)n1. The highest BCUT2D eigenvalue weighted by Gasteiger charge is 2.22. The number of hydrogen-bond acceptors (Lipinski definition) is 5. The standard InChI is InChI=1S/C13H13NO4/c1-13(2,15)11-6-16-12(14-11)8-3-4-9-10(5-8)18-7-17-9/h3-6,15H,7H2,1-2H3. The van der Waals surface area contributed by atoms with Crippen LogP contribution in [0.1, 0.15) is 19.5 Å². The summed E-state index contributed by atoms with van der Waals surface area (Å²) >= 11 is 0. The molecule has 94 valence electrons. The second kappa shape index (κ2) is 3.74. The number of hydrogen-bond donors (Lipinski definition) is 1. The maximum absolute atomic E-state index is 9.84. The van der Waals surface area contributed by atoms with Crippen molar-refractivity contribution >= 4 is 0 Å². The molecule has 0 fully saturated rings. The van der Waals surface area contributed by atoms with Crippen molar-refractivity contribution < 1.29 is 19.0 Å². The molecule has 0 atom stereocenters. The van der Waals surface area contributed by atoms with Gasteiger partial charge in [0.2, 0.25) is 12.7 Å². The van der Waals surface area contributed by atoms with Crippen LogP contribution in [0.3, 0.4) is 0 Å². The fourth-order valence-electron chi connectivity index (χ4n) is 1.72. The number of benzene rings is 1. The highest BCUT2D eigenvalue weighted by molar-refractivity contribution is 5.60. The molecule has 0 spiro atoms. The number of oxazole rings is 1. The van der Waals surface area contributed by atoms with Gasteiger partial charge in [-0.3, -0.25) is 0 Å². The Morgan fingerprint density at radius 2 is 2.00 bits per heavy atom. The maximum atomic E-state index is 9.84. The van der Waals surface area contributed by atoms with Gasteiger partial charge in [-0.2, -0.15) is 0 Å². The lowest BCUT2D eigenvalue weighted by molar-refractivity contribution is 0.0738. The third-order valence-electron chi connectivity index (χ3n) is 2.75. The predicted molar refractivity (Wildman–Crippen MR) is 63.3 cm³/mol. The Bertz CT molecular complexity index is 583. The van der Waals surface area contributed by atoms with Crippen LogP contribution in [0.15, 0.2) is 28.9 Å². The first-order valence-corrected chi connectivity index (χ1v) is 5.62. The maximum Gasteiger partial charge on any atom is 0.231 e. The average molecular weight is 247 g/mol. The Labute approximate surface area is 104 Å². The summed E-state index contributed by atoms with van der Waals surface area (Å²) in [6.45, 7) is 3.56. The third-order valence-corrected chi connectivity index (χ3v) is 2.75. The summed E-state index contributed by atoms with van der Waals surface area (Å²) in [4.78, 5) is 4.26. The Morgan fingerprint density at radius 3 is 2.72 bits per heavy atom. The van der Waals surface area contributed by atoms with Crippen LogP contribution < -0.4 is 9.47 Å². The zero-order valence-corrected chi connectivity index (χ0v) is 10.1. The molecule has 1 aliphatic heterocycles. The highest BCUT2D eigenvalue weighted by Crippen LogP contribution is 2.36. The quantitative estimate of drug-likeness (QED) is 0.882. The van der Waals surface area contributed by atoms with Crippen molar-refractivity contribution in [2.75, 3.05) is 6.79 Å². The summed E-state index contributed by atoms with van der Waals surface area (Å²) < 4.78 is 15.9. The van der Waals surface area contributed by atoms with Gasteiger partial charge in [-0.15, -0.1) is 0 Å².